The van der Waals surface area contributed by atoms with E-state index in [0.717, 1.165) is 28.4 Å². The molecule has 1 unspecified atom stereocenters. The van der Waals surface area contributed by atoms with Gasteiger partial charge in [0.2, 0.25) is 0 Å². The van der Waals surface area contributed by atoms with E-state index in [2.05, 4.69) is 60.8 Å². The zero-order chi connectivity index (χ0) is 17.5. The molecule has 134 valence electrons. The van der Waals surface area contributed by atoms with Crippen LogP contribution in [0.5, 0.6) is 0 Å². The molecule has 5 heteroatoms. The molecule has 0 amide bonds. The zero-order valence-corrected chi connectivity index (χ0v) is 16.6. The number of ether oxygens (including phenoxy) is 2. The van der Waals surface area contributed by atoms with Crippen molar-refractivity contribution in [3.8, 4) is 0 Å². The minimum absolute atomic E-state index is 0.225. The molecule has 1 heterocycles. The predicted octanol–water partition coefficient (Wildman–Crippen LogP) is 1.86. The molecule has 5 nitrogen and oxygen atoms in total. The summed E-state index contributed by atoms with van der Waals surface area (Å²) < 4.78 is 16.6. The van der Waals surface area contributed by atoms with Crippen LogP contribution >= 0.6 is 0 Å². The van der Waals surface area contributed by atoms with Gasteiger partial charge in [-0.05, 0) is 19.8 Å². The fourth-order valence-electron chi connectivity index (χ4n) is 5.07. The minimum Gasteiger partial charge on any atom is -0.347 e. The lowest BCUT2D eigenvalue weighted by Gasteiger charge is -2.38. The lowest BCUT2D eigenvalue weighted by molar-refractivity contribution is -0.949. The Balaban J connectivity index is 2.18. The summed E-state index contributed by atoms with van der Waals surface area (Å²) >= 11 is 0. The Hall–Kier alpha value is -0.490. The third kappa shape index (κ3) is 4.13. The Kier molecular flexibility index (Phi) is 5.00. The molecule has 2 aliphatic rings. The highest BCUT2D eigenvalue weighted by atomic mass is 16.8. The fraction of sp³-hybridized carbons (Fsp3) is 0.944. The summed E-state index contributed by atoms with van der Waals surface area (Å²) in [5.41, 5.74) is -0.225. The van der Waals surface area contributed by atoms with Crippen molar-refractivity contribution in [3.63, 3.8) is 0 Å². The number of quaternary nitrogens is 2. The molecule has 1 saturated heterocycles. The van der Waals surface area contributed by atoms with E-state index in [0.29, 0.717) is 6.61 Å². The molecule has 1 aliphatic heterocycles. The fourth-order valence-corrected chi connectivity index (χ4v) is 5.07. The number of likely N-dealkylation sites (N-methyl/N-ethyl adjacent to an activating group) is 1. The van der Waals surface area contributed by atoms with Crippen molar-refractivity contribution >= 4 is 5.96 Å². The number of guanidine groups is 1. The summed E-state index contributed by atoms with van der Waals surface area (Å²) in [7, 11) is 15.5. The molecule has 1 aliphatic carbocycles. The van der Waals surface area contributed by atoms with Crippen molar-refractivity contribution < 1.29 is 23.0 Å². The molecule has 0 aromatic carbocycles. The maximum Gasteiger partial charge on any atom is 0.531 e. The number of hydrogen-bond donors (Lipinski definition) is 0. The number of nitrogens with zero attached hydrogens (tertiary/aromatic N) is 3. The third-order valence-corrected chi connectivity index (χ3v) is 4.96. The molecule has 23 heavy (non-hydrogen) atoms. The molecule has 2 rings (SSSR count). The van der Waals surface area contributed by atoms with Crippen molar-refractivity contribution in [1.29, 1.82) is 0 Å². The summed E-state index contributed by atoms with van der Waals surface area (Å²) in [6, 6.07) is 0. The van der Waals surface area contributed by atoms with Crippen LogP contribution in [0.4, 0.5) is 0 Å². The van der Waals surface area contributed by atoms with E-state index in [1.54, 1.807) is 0 Å². The van der Waals surface area contributed by atoms with E-state index < -0.39 is 0 Å². The van der Waals surface area contributed by atoms with E-state index in [4.69, 9.17) is 9.47 Å². The average molecular weight is 329 g/mol. The van der Waals surface area contributed by atoms with Crippen LogP contribution in [-0.4, -0.2) is 93.4 Å². The molecule has 0 radical (unpaired) electrons. The quantitative estimate of drug-likeness (QED) is 0.334. The first-order valence-corrected chi connectivity index (χ1v) is 8.93. The van der Waals surface area contributed by atoms with Crippen molar-refractivity contribution in [2.45, 2.75) is 50.4 Å². The highest BCUT2D eigenvalue weighted by Crippen LogP contribution is 2.42. The van der Waals surface area contributed by atoms with Gasteiger partial charge in [0, 0.05) is 12.8 Å². The monoisotopic (exact) mass is 328 g/mol. The second kappa shape index (κ2) is 6.10. The second-order valence-electron chi connectivity index (χ2n) is 9.36. The first kappa shape index (κ1) is 18.8. The second-order valence-corrected chi connectivity index (χ2v) is 9.36. The van der Waals surface area contributed by atoms with Gasteiger partial charge in [0.15, 0.2) is 5.79 Å². The first-order valence-electron chi connectivity index (χ1n) is 8.93. The van der Waals surface area contributed by atoms with Crippen molar-refractivity contribution in [3.05, 3.63) is 0 Å². The van der Waals surface area contributed by atoms with E-state index in [9.17, 15) is 0 Å². The zero-order valence-electron chi connectivity index (χ0n) is 16.6. The molecule has 1 atom stereocenters. The Morgan fingerprint density at radius 1 is 1.00 bits per heavy atom. The Morgan fingerprint density at radius 2 is 1.57 bits per heavy atom. The van der Waals surface area contributed by atoms with Crippen LogP contribution in [0.1, 0.15) is 39.0 Å². The highest BCUT2D eigenvalue weighted by molar-refractivity contribution is 5.59. The lowest BCUT2D eigenvalue weighted by atomic mass is 9.94. The van der Waals surface area contributed by atoms with Gasteiger partial charge >= 0.3 is 5.96 Å². The molecule has 1 saturated carbocycles. The molecule has 0 aromatic rings. The van der Waals surface area contributed by atoms with E-state index in [1.165, 1.54) is 25.2 Å². The van der Waals surface area contributed by atoms with Gasteiger partial charge < -0.3 is 9.47 Å². The standard InChI is InChI=1S/C18H38N3O2/c1-17(15-22-18(23-17)12-10-9-11-13-18)14-21(7,8)16(19(2)3)20(4,5)6/h9-15H2,1-8H3/q+3. The van der Waals surface area contributed by atoms with Crippen LogP contribution in [0, 0.1) is 0 Å². The molecular formula is C18H38N3O2+3. The van der Waals surface area contributed by atoms with Crippen LogP contribution in [0.15, 0.2) is 0 Å². The Bertz CT molecular complexity index is 469. The van der Waals surface area contributed by atoms with E-state index in [-0.39, 0.29) is 11.4 Å². The molecule has 0 bridgehead atoms. The van der Waals surface area contributed by atoms with Gasteiger partial charge in [-0.3, -0.25) is 0 Å². The number of rotatable bonds is 2. The summed E-state index contributed by atoms with van der Waals surface area (Å²) in [5.74, 6) is 1.04. The highest BCUT2D eigenvalue weighted by Gasteiger charge is 2.55. The van der Waals surface area contributed by atoms with Gasteiger partial charge in [-0.15, -0.1) is 4.58 Å². The summed E-state index contributed by atoms with van der Waals surface area (Å²) in [4.78, 5) is 0. The van der Waals surface area contributed by atoms with Gasteiger partial charge in [-0.25, -0.2) is 0 Å². The van der Waals surface area contributed by atoms with Crippen LogP contribution in [-0.2, 0) is 9.47 Å². The van der Waals surface area contributed by atoms with Crippen LogP contribution in [0.25, 0.3) is 0 Å². The molecule has 0 aromatic heterocycles. The topological polar surface area (TPSA) is 21.5 Å². The third-order valence-electron chi connectivity index (χ3n) is 4.96. The summed E-state index contributed by atoms with van der Waals surface area (Å²) in [6.07, 6.45) is 5.86. The van der Waals surface area contributed by atoms with Crippen molar-refractivity contribution in [2.75, 3.05) is 62.5 Å². The maximum atomic E-state index is 6.58. The largest absolute Gasteiger partial charge is 0.531 e. The van der Waals surface area contributed by atoms with Gasteiger partial charge in [0.05, 0.1) is 41.8 Å². The summed E-state index contributed by atoms with van der Waals surface area (Å²) in [5, 5.41) is 0. The molecule has 1 spiro atoms. The Labute approximate surface area is 142 Å². The molecule has 0 N–H and O–H groups in total. The summed E-state index contributed by atoms with van der Waals surface area (Å²) in [6.45, 7) is 3.84. The van der Waals surface area contributed by atoms with Gasteiger partial charge in [-0.2, -0.15) is 8.97 Å². The minimum atomic E-state index is -0.304. The van der Waals surface area contributed by atoms with Crippen molar-refractivity contribution in [1.82, 2.24) is 0 Å². The number of hydrogen-bond acceptors (Lipinski definition) is 2. The first-order chi connectivity index (χ1) is 10.4. The van der Waals surface area contributed by atoms with Crippen molar-refractivity contribution in [2.24, 2.45) is 0 Å². The van der Waals surface area contributed by atoms with Gasteiger partial charge in [0.25, 0.3) is 0 Å². The maximum absolute atomic E-state index is 6.58. The smallest absolute Gasteiger partial charge is 0.347 e. The predicted molar refractivity (Wildman–Crippen MR) is 93.4 cm³/mol. The van der Waals surface area contributed by atoms with Gasteiger partial charge in [-0.1, -0.05) is 6.42 Å². The van der Waals surface area contributed by atoms with Gasteiger partial charge in [0.1, 0.15) is 26.2 Å². The van der Waals surface area contributed by atoms with Crippen LogP contribution in [0.3, 0.4) is 0 Å². The molecular weight excluding hydrogens is 290 g/mol. The Morgan fingerprint density at radius 3 is 2.04 bits per heavy atom. The average Bonchev–Trinajstić information content (AvgIpc) is 2.62. The molecule has 2 fully saturated rings. The van der Waals surface area contributed by atoms with Crippen LogP contribution in [0.2, 0.25) is 0 Å². The normalized spacial score (nSPS) is 28.2. The lowest BCUT2D eigenvalue weighted by Crippen LogP contribution is -2.66. The van der Waals surface area contributed by atoms with E-state index in [1.807, 2.05) is 0 Å². The van der Waals surface area contributed by atoms with Crippen LogP contribution < -0.4 is 0 Å². The van der Waals surface area contributed by atoms with E-state index >= 15 is 0 Å². The SMILES string of the molecule is C[N+](C)=C([N+](C)(C)C)[N+](C)(C)CC1(C)COC2(CCCCC2)O1.